The van der Waals surface area contributed by atoms with Crippen LogP contribution in [-0.2, 0) is 0 Å². The van der Waals surface area contributed by atoms with Crippen LogP contribution in [0.15, 0.2) is 108 Å². The van der Waals surface area contributed by atoms with Gasteiger partial charge in [0, 0.05) is 33.7 Å². The van der Waals surface area contributed by atoms with Gasteiger partial charge < -0.3 is 10.3 Å². The number of carbonyl (C=O) groups is 1. The van der Waals surface area contributed by atoms with Crippen molar-refractivity contribution in [2.24, 2.45) is 0 Å². The van der Waals surface area contributed by atoms with Crippen molar-refractivity contribution in [2.45, 2.75) is 11.8 Å². The van der Waals surface area contributed by atoms with Gasteiger partial charge in [0.15, 0.2) is 0 Å². The van der Waals surface area contributed by atoms with E-state index in [4.69, 9.17) is 0 Å². The van der Waals surface area contributed by atoms with Crippen molar-refractivity contribution in [1.82, 2.24) is 10.3 Å². The standard InChI is InChI=1S/C30H26N2OS/c1-21-11-13-24(14-12-21)28-29(26-9-5-6-10-27(26)32-28)34-20-19-31-30(33)25-17-15-23(16-18-25)22-7-3-2-4-8-22/h2-18,32H,19-20H2,1H3,(H,31,33). The number of benzene rings is 4. The average molecular weight is 463 g/mol. The molecule has 0 spiro atoms. The Kier molecular flexibility index (Phi) is 6.50. The SMILES string of the molecule is Cc1ccc(-c2[nH]c3ccccc3c2SCCNC(=O)c2ccc(-c3ccccc3)cc2)cc1. The van der Waals surface area contributed by atoms with Gasteiger partial charge in [0.1, 0.15) is 0 Å². The fraction of sp³-hybridized carbons (Fsp3) is 0.100. The predicted molar refractivity (Wildman–Crippen MR) is 143 cm³/mol. The van der Waals surface area contributed by atoms with Crippen molar-refractivity contribution < 1.29 is 4.79 Å². The lowest BCUT2D eigenvalue weighted by molar-refractivity contribution is 0.0956. The average Bonchev–Trinajstić information content (AvgIpc) is 3.26. The minimum Gasteiger partial charge on any atom is -0.354 e. The van der Waals surface area contributed by atoms with Crippen molar-refractivity contribution in [3.05, 3.63) is 114 Å². The number of nitrogens with one attached hydrogen (secondary N) is 2. The number of aromatic amines is 1. The van der Waals surface area contributed by atoms with E-state index in [9.17, 15) is 4.79 Å². The van der Waals surface area contributed by atoms with Gasteiger partial charge in [0.05, 0.1) is 5.69 Å². The summed E-state index contributed by atoms with van der Waals surface area (Å²) >= 11 is 1.77. The monoisotopic (exact) mass is 462 g/mol. The van der Waals surface area contributed by atoms with E-state index in [0.717, 1.165) is 28.1 Å². The molecule has 0 saturated heterocycles. The molecule has 0 fully saturated rings. The summed E-state index contributed by atoms with van der Waals surface area (Å²) in [5.74, 6) is 0.743. The van der Waals surface area contributed by atoms with Crippen molar-refractivity contribution in [1.29, 1.82) is 0 Å². The molecule has 5 rings (SSSR count). The second kappa shape index (κ2) is 10.0. The lowest BCUT2D eigenvalue weighted by atomic mass is 10.0. The number of H-pyrrole nitrogens is 1. The van der Waals surface area contributed by atoms with Crippen molar-refractivity contribution in [2.75, 3.05) is 12.3 Å². The number of rotatable bonds is 7. The van der Waals surface area contributed by atoms with Crippen molar-refractivity contribution in [3.8, 4) is 22.4 Å². The molecule has 4 aromatic carbocycles. The number of carbonyl (C=O) groups excluding carboxylic acids is 1. The molecule has 0 saturated carbocycles. The van der Waals surface area contributed by atoms with Crippen LogP contribution in [-0.4, -0.2) is 23.2 Å². The van der Waals surface area contributed by atoms with E-state index in [-0.39, 0.29) is 5.91 Å². The first kappa shape index (κ1) is 22.1. The van der Waals surface area contributed by atoms with Crippen molar-refractivity contribution >= 4 is 28.6 Å². The molecule has 0 atom stereocenters. The number of fused-ring (bicyclic) bond motifs is 1. The summed E-state index contributed by atoms with van der Waals surface area (Å²) < 4.78 is 0. The van der Waals surface area contributed by atoms with Crippen molar-refractivity contribution in [3.63, 3.8) is 0 Å². The summed E-state index contributed by atoms with van der Waals surface area (Å²) in [6.07, 6.45) is 0. The maximum atomic E-state index is 12.7. The zero-order valence-electron chi connectivity index (χ0n) is 19.0. The maximum absolute atomic E-state index is 12.7. The number of thioether (sulfide) groups is 1. The molecule has 0 radical (unpaired) electrons. The molecule has 1 amide bonds. The van der Waals surface area contributed by atoms with Crippen LogP contribution in [0.3, 0.4) is 0 Å². The second-order valence-electron chi connectivity index (χ2n) is 8.29. The zero-order valence-corrected chi connectivity index (χ0v) is 19.9. The molecule has 168 valence electrons. The lowest BCUT2D eigenvalue weighted by Gasteiger charge is -2.08. The highest BCUT2D eigenvalue weighted by Gasteiger charge is 2.14. The Labute approximate surface area is 204 Å². The third kappa shape index (κ3) is 4.78. The molecule has 0 aliphatic rings. The number of aryl methyl sites for hydroxylation is 1. The van der Waals surface area contributed by atoms with E-state index in [2.05, 4.69) is 77.9 Å². The number of hydrogen-bond acceptors (Lipinski definition) is 2. The van der Waals surface area contributed by atoms with Gasteiger partial charge in [0.2, 0.25) is 0 Å². The Morgan fingerprint density at radius 2 is 1.41 bits per heavy atom. The first-order valence-corrected chi connectivity index (χ1v) is 12.4. The normalized spacial score (nSPS) is 11.0. The molecule has 4 heteroatoms. The Morgan fingerprint density at radius 1 is 0.765 bits per heavy atom. The smallest absolute Gasteiger partial charge is 0.251 e. The highest BCUT2D eigenvalue weighted by atomic mass is 32.2. The molecule has 34 heavy (non-hydrogen) atoms. The highest BCUT2D eigenvalue weighted by Crippen LogP contribution is 2.37. The molecular formula is C30H26N2OS. The zero-order chi connectivity index (χ0) is 23.3. The lowest BCUT2D eigenvalue weighted by Crippen LogP contribution is -2.25. The van der Waals surface area contributed by atoms with Crippen LogP contribution < -0.4 is 5.32 Å². The molecule has 0 unspecified atom stereocenters. The van der Waals surface area contributed by atoms with Gasteiger partial charge in [-0.2, -0.15) is 0 Å². The summed E-state index contributed by atoms with van der Waals surface area (Å²) in [5.41, 5.74) is 7.61. The molecule has 2 N–H and O–H groups in total. The Bertz CT molecular complexity index is 1400. The quantitative estimate of drug-likeness (QED) is 0.196. The minimum absolute atomic E-state index is 0.0436. The van der Waals surface area contributed by atoms with E-state index in [1.807, 2.05) is 42.5 Å². The van der Waals surface area contributed by atoms with Crippen LogP contribution in [0.4, 0.5) is 0 Å². The van der Waals surface area contributed by atoms with Crippen LogP contribution in [0, 0.1) is 6.92 Å². The molecule has 3 nitrogen and oxygen atoms in total. The summed E-state index contributed by atoms with van der Waals surface area (Å²) in [6, 6.07) is 34.9. The van der Waals surface area contributed by atoms with Gasteiger partial charge in [-0.1, -0.05) is 90.5 Å². The Hall–Kier alpha value is -3.76. The Balaban J connectivity index is 1.25. The van der Waals surface area contributed by atoms with E-state index in [0.29, 0.717) is 12.1 Å². The van der Waals surface area contributed by atoms with Gasteiger partial charge in [0.25, 0.3) is 5.91 Å². The fourth-order valence-corrected chi connectivity index (χ4v) is 5.11. The molecular weight excluding hydrogens is 436 g/mol. The molecule has 0 bridgehead atoms. The second-order valence-corrected chi connectivity index (χ2v) is 9.39. The van der Waals surface area contributed by atoms with Gasteiger partial charge in [-0.15, -0.1) is 11.8 Å². The number of para-hydroxylation sites is 1. The van der Waals surface area contributed by atoms with Crippen LogP contribution >= 0.6 is 11.8 Å². The molecule has 1 heterocycles. The first-order valence-electron chi connectivity index (χ1n) is 11.4. The van der Waals surface area contributed by atoms with E-state index in [1.54, 1.807) is 11.8 Å². The van der Waals surface area contributed by atoms with E-state index < -0.39 is 0 Å². The van der Waals surface area contributed by atoms with Crippen LogP contribution in [0.2, 0.25) is 0 Å². The van der Waals surface area contributed by atoms with Gasteiger partial charge >= 0.3 is 0 Å². The third-order valence-electron chi connectivity index (χ3n) is 5.89. The van der Waals surface area contributed by atoms with E-state index >= 15 is 0 Å². The van der Waals surface area contributed by atoms with Crippen LogP contribution in [0.5, 0.6) is 0 Å². The van der Waals surface area contributed by atoms with Gasteiger partial charge in [-0.25, -0.2) is 0 Å². The molecule has 1 aromatic heterocycles. The highest BCUT2D eigenvalue weighted by molar-refractivity contribution is 7.99. The molecule has 0 aliphatic carbocycles. The first-order chi connectivity index (χ1) is 16.7. The number of amides is 1. The largest absolute Gasteiger partial charge is 0.354 e. The minimum atomic E-state index is -0.0436. The van der Waals surface area contributed by atoms with Crippen LogP contribution in [0.25, 0.3) is 33.3 Å². The third-order valence-corrected chi connectivity index (χ3v) is 7.01. The van der Waals surface area contributed by atoms with E-state index in [1.165, 1.54) is 21.4 Å². The predicted octanol–water partition coefficient (Wildman–Crippen LogP) is 7.33. The summed E-state index contributed by atoms with van der Waals surface area (Å²) in [7, 11) is 0. The topological polar surface area (TPSA) is 44.9 Å². The van der Waals surface area contributed by atoms with Crippen LogP contribution in [0.1, 0.15) is 15.9 Å². The fourth-order valence-electron chi connectivity index (χ4n) is 4.05. The number of aromatic nitrogens is 1. The van der Waals surface area contributed by atoms with Gasteiger partial charge in [-0.05, 0) is 41.8 Å². The summed E-state index contributed by atoms with van der Waals surface area (Å²) in [6.45, 7) is 2.69. The summed E-state index contributed by atoms with van der Waals surface area (Å²) in [4.78, 5) is 17.5. The Morgan fingerprint density at radius 3 is 2.18 bits per heavy atom. The number of hydrogen-bond donors (Lipinski definition) is 2. The van der Waals surface area contributed by atoms with Gasteiger partial charge in [-0.3, -0.25) is 4.79 Å². The summed E-state index contributed by atoms with van der Waals surface area (Å²) in [5, 5.41) is 4.28. The maximum Gasteiger partial charge on any atom is 0.251 e. The molecule has 5 aromatic rings. The molecule has 0 aliphatic heterocycles.